The first-order valence-electron chi connectivity index (χ1n) is 9.95. The second-order valence-corrected chi connectivity index (χ2v) is 8.41. The van der Waals surface area contributed by atoms with Crippen LogP contribution in [-0.2, 0) is 11.3 Å². The minimum absolute atomic E-state index is 0.00777. The number of nitrogens with one attached hydrogen (secondary N) is 2. The smallest absolute Gasteiger partial charge is 0.316 e. The van der Waals surface area contributed by atoms with Crippen LogP contribution in [0.25, 0.3) is 6.08 Å². The van der Waals surface area contributed by atoms with Crippen molar-refractivity contribution in [2.45, 2.75) is 13.5 Å². The predicted molar refractivity (Wildman–Crippen MR) is 130 cm³/mol. The van der Waals surface area contributed by atoms with Crippen LogP contribution in [0.2, 0.25) is 10.0 Å². The largest absolute Gasteiger partial charge is 0.384 e. The van der Waals surface area contributed by atoms with Crippen LogP contribution in [0.15, 0.2) is 66.4 Å². The normalized spacial score (nSPS) is 13.6. The molecule has 0 atom stereocenters. The van der Waals surface area contributed by atoms with Gasteiger partial charge in [-0.05, 0) is 48.4 Å². The van der Waals surface area contributed by atoms with Gasteiger partial charge in [-0.3, -0.25) is 10.2 Å². The lowest BCUT2D eigenvalue weighted by Gasteiger charge is -2.07. The summed E-state index contributed by atoms with van der Waals surface area (Å²) in [6.07, 6.45) is 3.76. The van der Waals surface area contributed by atoms with E-state index < -0.39 is 0 Å². The molecule has 160 valence electrons. The summed E-state index contributed by atoms with van der Waals surface area (Å²) in [4.78, 5) is 13.2. The molecule has 0 spiro atoms. The molecule has 7 heteroatoms. The molecule has 0 unspecified atom stereocenters. The Morgan fingerprint density at radius 1 is 1.09 bits per heavy atom. The summed E-state index contributed by atoms with van der Waals surface area (Å²) in [5.74, 6) is -0.234. The number of hydrogen-bond donors (Lipinski definition) is 3. The van der Waals surface area contributed by atoms with Gasteiger partial charge in [0.2, 0.25) is 5.69 Å². The summed E-state index contributed by atoms with van der Waals surface area (Å²) < 4.78 is 1.86. The van der Waals surface area contributed by atoms with Crippen LogP contribution in [-0.4, -0.2) is 22.5 Å². The lowest BCUT2D eigenvalue weighted by Crippen LogP contribution is -2.28. The Morgan fingerprint density at radius 3 is 2.53 bits per heavy atom. The topological polar surface area (TPSA) is 82.0 Å². The van der Waals surface area contributed by atoms with E-state index in [1.54, 1.807) is 24.3 Å². The molecule has 1 aliphatic heterocycles. The van der Waals surface area contributed by atoms with Crippen molar-refractivity contribution in [2.75, 3.05) is 0 Å². The van der Waals surface area contributed by atoms with Crippen LogP contribution < -0.4 is 11.1 Å². The first kappa shape index (κ1) is 21.8. The molecule has 3 aromatic carbocycles. The Labute approximate surface area is 196 Å². The molecule has 32 heavy (non-hydrogen) atoms. The lowest BCUT2D eigenvalue weighted by molar-refractivity contribution is -0.366. The molecule has 0 saturated heterocycles. The van der Waals surface area contributed by atoms with Crippen LogP contribution in [0.3, 0.4) is 0 Å². The third-order valence-corrected chi connectivity index (χ3v) is 5.62. The molecule has 0 bridgehead atoms. The van der Waals surface area contributed by atoms with E-state index >= 15 is 0 Å². The number of nitrogens with two attached hydrogens (primary N) is 1. The van der Waals surface area contributed by atoms with Gasteiger partial charge in [0.15, 0.2) is 6.21 Å². The first-order valence-corrected chi connectivity index (χ1v) is 10.7. The van der Waals surface area contributed by atoms with Gasteiger partial charge in [0.1, 0.15) is 5.84 Å². The monoisotopic (exact) mass is 463 g/mol. The number of carbonyl (C=O) groups excluding carboxylic acids is 1. The van der Waals surface area contributed by atoms with Gasteiger partial charge in [0.05, 0.1) is 5.56 Å². The van der Waals surface area contributed by atoms with Gasteiger partial charge in [-0.1, -0.05) is 47.5 Å². The van der Waals surface area contributed by atoms with Crippen molar-refractivity contribution in [3.8, 4) is 0 Å². The fourth-order valence-electron chi connectivity index (χ4n) is 3.63. The third kappa shape index (κ3) is 4.59. The molecule has 4 rings (SSSR count). The highest BCUT2D eigenvalue weighted by atomic mass is 35.5. The second-order valence-electron chi connectivity index (χ2n) is 7.54. The molecule has 0 fully saturated rings. The summed E-state index contributed by atoms with van der Waals surface area (Å²) in [5.41, 5.74) is 11.4. The number of nitrogen functional groups attached to an aromatic ring is 1. The van der Waals surface area contributed by atoms with Gasteiger partial charge in [-0.25, -0.2) is 0 Å². The number of halogens is 2. The molecule has 1 aliphatic rings. The zero-order chi connectivity index (χ0) is 22.8. The van der Waals surface area contributed by atoms with E-state index in [-0.39, 0.29) is 11.7 Å². The van der Waals surface area contributed by atoms with Crippen LogP contribution in [0.1, 0.15) is 27.8 Å². The summed E-state index contributed by atoms with van der Waals surface area (Å²) in [7, 11) is 0. The Balaban J connectivity index is 1.68. The zero-order valence-electron chi connectivity index (χ0n) is 17.3. The first-order chi connectivity index (χ1) is 15.3. The van der Waals surface area contributed by atoms with Crippen molar-refractivity contribution in [2.24, 2.45) is 5.73 Å². The Bertz CT molecular complexity index is 1290. The van der Waals surface area contributed by atoms with Crippen molar-refractivity contribution in [1.82, 2.24) is 5.32 Å². The van der Waals surface area contributed by atoms with E-state index in [4.69, 9.17) is 34.3 Å². The highest BCUT2D eigenvalue weighted by Gasteiger charge is 2.33. The number of nitrogens with zero attached hydrogens (tertiary/aromatic N) is 1. The molecule has 1 amide bonds. The van der Waals surface area contributed by atoms with Crippen LogP contribution in [0.4, 0.5) is 5.69 Å². The molecule has 3 aromatic rings. The van der Waals surface area contributed by atoms with E-state index in [1.807, 2.05) is 60.2 Å². The third-order valence-electron chi connectivity index (χ3n) is 5.19. The van der Waals surface area contributed by atoms with Crippen LogP contribution in [0, 0.1) is 12.3 Å². The molecular formula is C25H21Cl2N4O+. The van der Waals surface area contributed by atoms with Gasteiger partial charge >= 0.3 is 5.91 Å². The molecule has 4 N–H and O–H groups in total. The highest BCUT2D eigenvalue weighted by molar-refractivity contribution is 6.34. The standard InChI is InChI=1S/C25H20Cl2N4O/c1-15-4-2-7-22-21(15)12-23(25(32)30-13-17-9-19(26)11-20(27)10-17)31(22)14-16-5-3-6-18(8-16)24(28)29/h2-12,14H,13H2,1H3,(H3-,28,29,30,32)/p+1. The maximum atomic E-state index is 13.2. The highest BCUT2D eigenvalue weighted by Crippen LogP contribution is 2.34. The van der Waals surface area contributed by atoms with Crippen molar-refractivity contribution in [3.05, 3.63) is 104 Å². The van der Waals surface area contributed by atoms with Gasteiger partial charge in [0, 0.05) is 39.9 Å². The number of amides is 1. The molecule has 0 saturated carbocycles. The minimum Gasteiger partial charge on any atom is -0.384 e. The summed E-state index contributed by atoms with van der Waals surface area (Å²) in [6, 6.07) is 18.5. The lowest BCUT2D eigenvalue weighted by atomic mass is 10.1. The Kier molecular flexibility index (Phi) is 6.12. The molecule has 5 nitrogen and oxygen atoms in total. The fraction of sp³-hybridized carbons (Fsp3) is 0.0800. The number of carbonyl (C=O) groups is 1. The number of benzene rings is 3. The molecule has 1 heterocycles. The molecule has 0 aliphatic carbocycles. The van der Waals surface area contributed by atoms with Gasteiger partial charge in [0.25, 0.3) is 5.70 Å². The van der Waals surface area contributed by atoms with Crippen molar-refractivity contribution >= 4 is 52.9 Å². The van der Waals surface area contributed by atoms with Gasteiger partial charge < -0.3 is 11.1 Å². The number of rotatable bonds is 5. The number of fused-ring (bicyclic) bond motifs is 1. The fourth-order valence-corrected chi connectivity index (χ4v) is 4.21. The summed E-state index contributed by atoms with van der Waals surface area (Å²) >= 11 is 12.1. The quantitative estimate of drug-likeness (QED) is 0.282. The maximum absolute atomic E-state index is 13.2. The molecule has 0 aromatic heterocycles. The summed E-state index contributed by atoms with van der Waals surface area (Å²) in [6.45, 7) is 2.30. The van der Waals surface area contributed by atoms with E-state index in [2.05, 4.69) is 5.32 Å². The Morgan fingerprint density at radius 2 is 1.81 bits per heavy atom. The SMILES string of the molecule is Cc1cccc2c1C=C(C(=O)NCc1cc(Cl)cc(Cl)c1)[N+]2=Cc1cccc(C(=N)N)c1. The zero-order valence-corrected chi connectivity index (χ0v) is 18.8. The summed E-state index contributed by atoms with van der Waals surface area (Å²) in [5, 5.41) is 11.7. The number of aryl methyl sites for hydroxylation is 1. The molecular weight excluding hydrogens is 443 g/mol. The van der Waals surface area contributed by atoms with Crippen LogP contribution >= 0.6 is 23.2 Å². The van der Waals surface area contributed by atoms with Crippen molar-refractivity contribution < 1.29 is 9.37 Å². The van der Waals surface area contributed by atoms with Crippen molar-refractivity contribution in [3.63, 3.8) is 0 Å². The van der Waals surface area contributed by atoms with E-state index in [0.717, 1.165) is 27.9 Å². The predicted octanol–water partition coefficient (Wildman–Crippen LogP) is 5.02. The molecule has 0 radical (unpaired) electrons. The van der Waals surface area contributed by atoms with E-state index in [9.17, 15) is 4.79 Å². The minimum atomic E-state index is -0.226. The van der Waals surface area contributed by atoms with E-state index in [0.29, 0.717) is 27.9 Å². The second kappa shape index (κ2) is 8.99. The Hall–Kier alpha value is -3.41. The van der Waals surface area contributed by atoms with E-state index in [1.165, 1.54) is 0 Å². The van der Waals surface area contributed by atoms with Gasteiger partial charge in [-0.15, -0.1) is 0 Å². The average molecular weight is 464 g/mol. The maximum Gasteiger partial charge on any atom is 0.316 e. The van der Waals surface area contributed by atoms with Crippen molar-refractivity contribution in [1.29, 1.82) is 5.41 Å². The number of hydrogen-bond acceptors (Lipinski definition) is 2. The number of amidine groups is 1. The van der Waals surface area contributed by atoms with Gasteiger partial charge in [-0.2, -0.15) is 4.58 Å². The van der Waals surface area contributed by atoms with Crippen LogP contribution in [0.5, 0.6) is 0 Å². The average Bonchev–Trinajstić information content (AvgIpc) is 3.11.